The summed E-state index contributed by atoms with van der Waals surface area (Å²) in [4.78, 5) is 26.3. The van der Waals surface area contributed by atoms with Gasteiger partial charge in [-0.2, -0.15) is 0 Å². The Morgan fingerprint density at radius 1 is 1.38 bits per heavy atom. The second-order valence-corrected chi connectivity index (χ2v) is 5.66. The number of likely N-dealkylation sites (tertiary alicyclic amines) is 1. The fraction of sp³-hybridized carbons (Fsp3) is 0.353. The number of hydrogen-bond donors (Lipinski definition) is 1. The highest BCUT2D eigenvalue weighted by Gasteiger charge is 2.34. The van der Waals surface area contributed by atoms with Crippen molar-refractivity contribution in [1.29, 1.82) is 0 Å². The number of rotatable bonds is 5. The molecule has 1 N–H and O–H groups in total. The van der Waals surface area contributed by atoms with Crippen LogP contribution >= 0.6 is 0 Å². The van der Waals surface area contributed by atoms with Crippen LogP contribution in [-0.2, 0) is 9.59 Å². The van der Waals surface area contributed by atoms with E-state index in [-0.39, 0.29) is 18.4 Å². The molecule has 0 spiro atoms. The van der Waals surface area contributed by atoms with Gasteiger partial charge in [0.2, 0.25) is 5.91 Å². The van der Waals surface area contributed by atoms with Crippen molar-refractivity contribution in [2.75, 3.05) is 18.5 Å². The van der Waals surface area contributed by atoms with Gasteiger partial charge < -0.3 is 19.5 Å². The first-order valence-corrected chi connectivity index (χ1v) is 7.85. The number of carbonyl (C=O) groups is 2. The van der Waals surface area contributed by atoms with Crippen molar-refractivity contribution in [3.8, 4) is 5.75 Å². The molecular formula is C17H19N3O4. The van der Waals surface area contributed by atoms with Gasteiger partial charge in [0.25, 0.3) is 5.91 Å². The van der Waals surface area contributed by atoms with Crippen molar-refractivity contribution >= 4 is 17.6 Å². The van der Waals surface area contributed by atoms with Crippen molar-refractivity contribution in [3.63, 3.8) is 0 Å². The number of benzene rings is 1. The minimum Gasteiger partial charge on any atom is -0.484 e. The molecule has 0 saturated carbocycles. The molecule has 0 unspecified atom stereocenters. The van der Waals surface area contributed by atoms with Crippen molar-refractivity contribution < 1.29 is 18.8 Å². The predicted octanol–water partition coefficient (Wildman–Crippen LogP) is 1.99. The lowest BCUT2D eigenvalue weighted by molar-refractivity contribution is -0.138. The first-order chi connectivity index (χ1) is 11.6. The third kappa shape index (κ3) is 3.73. The molecular weight excluding hydrogens is 310 g/mol. The number of amides is 2. The summed E-state index contributed by atoms with van der Waals surface area (Å²) in [5.74, 6) is 1.14. The number of ether oxygens (including phenoxy) is 1. The Hall–Kier alpha value is -2.83. The molecule has 1 atom stereocenters. The molecule has 1 aliphatic heterocycles. The highest BCUT2D eigenvalue weighted by atomic mass is 16.5. The summed E-state index contributed by atoms with van der Waals surface area (Å²) >= 11 is 0. The average molecular weight is 329 g/mol. The van der Waals surface area contributed by atoms with Crippen molar-refractivity contribution in [3.05, 3.63) is 42.2 Å². The van der Waals surface area contributed by atoms with Gasteiger partial charge in [0, 0.05) is 12.6 Å². The summed E-state index contributed by atoms with van der Waals surface area (Å²) in [6, 6.07) is 10.3. The zero-order chi connectivity index (χ0) is 16.9. The highest BCUT2D eigenvalue weighted by molar-refractivity contribution is 5.97. The van der Waals surface area contributed by atoms with Crippen molar-refractivity contribution in [2.24, 2.45) is 0 Å². The molecule has 24 heavy (non-hydrogen) atoms. The summed E-state index contributed by atoms with van der Waals surface area (Å²) in [6.07, 6.45) is 1.41. The molecule has 7 nitrogen and oxygen atoms in total. The molecule has 3 rings (SSSR count). The Morgan fingerprint density at radius 3 is 2.88 bits per heavy atom. The Labute approximate surface area is 139 Å². The van der Waals surface area contributed by atoms with Crippen LogP contribution in [0.25, 0.3) is 0 Å². The van der Waals surface area contributed by atoms with Gasteiger partial charge in [-0.1, -0.05) is 23.4 Å². The van der Waals surface area contributed by atoms with E-state index in [9.17, 15) is 9.59 Å². The van der Waals surface area contributed by atoms with Gasteiger partial charge in [-0.05, 0) is 31.9 Å². The Morgan fingerprint density at radius 2 is 2.17 bits per heavy atom. The number of carbonyl (C=O) groups excluding carboxylic acids is 2. The first kappa shape index (κ1) is 16.0. The molecule has 2 aromatic rings. The Balaban J connectivity index is 1.57. The molecule has 1 saturated heterocycles. The quantitative estimate of drug-likeness (QED) is 0.907. The molecule has 1 aromatic heterocycles. The minimum atomic E-state index is -0.506. The molecule has 2 amide bonds. The van der Waals surface area contributed by atoms with Crippen LogP contribution in [0.1, 0.15) is 18.6 Å². The van der Waals surface area contributed by atoms with Crippen LogP contribution in [0.5, 0.6) is 5.75 Å². The van der Waals surface area contributed by atoms with E-state index >= 15 is 0 Å². The normalized spacial score (nSPS) is 16.9. The van der Waals surface area contributed by atoms with Crippen LogP contribution in [-0.4, -0.2) is 41.1 Å². The molecule has 0 bridgehead atoms. The fourth-order valence-electron chi connectivity index (χ4n) is 2.72. The monoisotopic (exact) mass is 329 g/mol. The van der Waals surface area contributed by atoms with E-state index < -0.39 is 6.04 Å². The lowest BCUT2D eigenvalue weighted by Crippen LogP contribution is -2.45. The number of para-hydroxylation sites is 1. The summed E-state index contributed by atoms with van der Waals surface area (Å²) in [5.41, 5.74) is 0. The van der Waals surface area contributed by atoms with Gasteiger partial charge in [0.1, 0.15) is 17.6 Å². The predicted molar refractivity (Wildman–Crippen MR) is 86.5 cm³/mol. The zero-order valence-electron chi connectivity index (χ0n) is 13.4. The number of aryl methyl sites for hydroxylation is 1. The maximum Gasteiger partial charge on any atom is 0.261 e. The lowest BCUT2D eigenvalue weighted by Gasteiger charge is -2.23. The number of nitrogens with zero attached hydrogens (tertiary/aromatic N) is 2. The molecule has 0 radical (unpaired) electrons. The number of nitrogens with one attached hydrogen (secondary N) is 1. The smallest absolute Gasteiger partial charge is 0.261 e. The minimum absolute atomic E-state index is 0.0864. The van der Waals surface area contributed by atoms with Gasteiger partial charge in [0.05, 0.1) is 0 Å². The fourth-order valence-corrected chi connectivity index (χ4v) is 2.72. The van der Waals surface area contributed by atoms with Crippen LogP contribution < -0.4 is 10.1 Å². The van der Waals surface area contributed by atoms with Crippen LogP contribution in [0.2, 0.25) is 0 Å². The van der Waals surface area contributed by atoms with Gasteiger partial charge in [-0.3, -0.25) is 9.59 Å². The molecule has 1 fully saturated rings. The largest absolute Gasteiger partial charge is 0.484 e. The molecule has 7 heteroatoms. The first-order valence-electron chi connectivity index (χ1n) is 7.85. The van der Waals surface area contributed by atoms with E-state index in [4.69, 9.17) is 9.26 Å². The molecule has 1 aromatic carbocycles. The summed E-state index contributed by atoms with van der Waals surface area (Å²) in [7, 11) is 0. The molecule has 0 aliphatic carbocycles. The average Bonchev–Trinajstić information content (AvgIpc) is 3.22. The van der Waals surface area contributed by atoms with E-state index in [1.165, 1.54) is 0 Å². The van der Waals surface area contributed by atoms with Crippen LogP contribution in [0.4, 0.5) is 5.82 Å². The van der Waals surface area contributed by atoms with Crippen LogP contribution in [0.3, 0.4) is 0 Å². The molecule has 1 aliphatic rings. The maximum absolute atomic E-state index is 12.4. The maximum atomic E-state index is 12.4. The molecule has 126 valence electrons. The summed E-state index contributed by atoms with van der Waals surface area (Å²) in [5, 5.41) is 6.42. The summed E-state index contributed by atoms with van der Waals surface area (Å²) < 4.78 is 10.4. The van der Waals surface area contributed by atoms with E-state index in [1.54, 1.807) is 30.0 Å². The molecule has 2 heterocycles. The topological polar surface area (TPSA) is 84.7 Å². The number of hydrogen-bond acceptors (Lipinski definition) is 5. The number of anilines is 1. The lowest BCUT2D eigenvalue weighted by atomic mass is 10.2. The zero-order valence-corrected chi connectivity index (χ0v) is 13.4. The SMILES string of the molecule is Cc1cc(NC(=O)[C@@H]2CCCN2C(=O)COc2ccccc2)no1. The second kappa shape index (κ2) is 7.16. The second-order valence-electron chi connectivity index (χ2n) is 5.66. The van der Waals surface area contributed by atoms with E-state index in [1.807, 2.05) is 18.2 Å². The van der Waals surface area contributed by atoms with E-state index in [2.05, 4.69) is 10.5 Å². The Kier molecular flexibility index (Phi) is 4.79. The van der Waals surface area contributed by atoms with Crippen LogP contribution in [0.15, 0.2) is 40.9 Å². The van der Waals surface area contributed by atoms with Gasteiger partial charge in [0.15, 0.2) is 12.4 Å². The third-order valence-electron chi connectivity index (χ3n) is 3.86. The third-order valence-corrected chi connectivity index (χ3v) is 3.86. The van der Waals surface area contributed by atoms with Crippen molar-refractivity contribution in [1.82, 2.24) is 10.1 Å². The van der Waals surface area contributed by atoms with Gasteiger partial charge in [-0.25, -0.2) is 0 Å². The van der Waals surface area contributed by atoms with Gasteiger partial charge >= 0.3 is 0 Å². The Bertz CT molecular complexity index is 714. The van der Waals surface area contributed by atoms with Gasteiger partial charge in [-0.15, -0.1) is 0 Å². The standard InChI is InChI=1S/C17H19N3O4/c1-12-10-15(19-24-12)18-17(22)14-8-5-9-20(14)16(21)11-23-13-6-3-2-4-7-13/h2-4,6-7,10,14H,5,8-9,11H2,1H3,(H,18,19,22)/t14-/m0/s1. The van der Waals surface area contributed by atoms with Crippen LogP contribution in [0, 0.1) is 6.92 Å². The van der Waals surface area contributed by atoms with E-state index in [0.717, 1.165) is 6.42 Å². The highest BCUT2D eigenvalue weighted by Crippen LogP contribution is 2.20. The van der Waals surface area contributed by atoms with Crippen molar-refractivity contribution in [2.45, 2.75) is 25.8 Å². The van der Waals surface area contributed by atoms with E-state index in [0.29, 0.717) is 30.3 Å². The number of aromatic nitrogens is 1. The summed E-state index contributed by atoms with van der Waals surface area (Å²) in [6.45, 7) is 2.21.